The minimum absolute atomic E-state index is 0.00266. The van der Waals surface area contributed by atoms with Gasteiger partial charge in [-0.1, -0.05) is 23.2 Å². The summed E-state index contributed by atoms with van der Waals surface area (Å²) in [6.07, 6.45) is 0. The van der Waals surface area contributed by atoms with Gasteiger partial charge in [-0.05, 0) is 54.6 Å². The van der Waals surface area contributed by atoms with Gasteiger partial charge in [-0.3, -0.25) is 4.79 Å². The maximum atomic E-state index is 13.1. The second-order valence-electron chi connectivity index (χ2n) is 5.87. The van der Waals surface area contributed by atoms with Crippen molar-refractivity contribution in [3.63, 3.8) is 0 Å². The summed E-state index contributed by atoms with van der Waals surface area (Å²) in [7, 11) is 1.41. The Kier molecular flexibility index (Phi) is 6.06. The lowest BCUT2D eigenvalue weighted by Crippen LogP contribution is -2.04. The molecule has 8 heteroatoms. The number of carboxylic acids is 1. The molecule has 3 aromatic rings. The molecule has 0 heterocycles. The zero-order valence-electron chi connectivity index (χ0n) is 14.9. The lowest BCUT2D eigenvalue weighted by atomic mass is 10.0. The van der Waals surface area contributed by atoms with Crippen LogP contribution in [0.4, 0.5) is 4.39 Å². The van der Waals surface area contributed by atoms with Crippen LogP contribution in [-0.2, 0) is 0 Å². The SMILES string of the molecule is COc1ccc(Oc2c(Cl)cc(C(=O)O)cc2Cl)cc1C(=O)c1ccc(F)cc1. The number of rotatable bonds is 6. The van der Waals surface area contributed by atoms with Gasteiger partial charge in [0.1, 0.15) is 17.3 Å². The number of benzene rings is 3. The Hall–Kier alpha value is -3.09. The van der Waals surface area contributed by atoms with Crippen LogP contribution in [-0.4, -0.2) is 24.0 Å². The van der Waals surface area contributed by atoms with E-state index in [1.807, 2.05) is 0 Å². The molecule has 0 amide bonds. The first-order chi connectivity index (χ1) is 13.8. The van der Waals surface area contributed by atoms with Crippen LogP contribution in [0.2, 0.25) is 10.0 Å². The highest BCUT2D eigenvalue weighted by atomic mass is 35.5. The molecule has 0 aromatic heterocycles. The van der Waals surface area contributed by atoms with Gasteiger partial charge in [0, 0.05) is 5.56 Å². The lowest BCUT2D eigenvalue weighted by Gasteiger charge is -2.13. The number of ether oxygens (including phenoxy) is 2. The number of carbonyl (C=O) groups excluding carboxylic acids is 1. The quantitative estimate of drug-likeness (QED) is 0.491. The summed E-state index contributed by atoms with van der Waals surface area (Å²) >= 11 is 12.2. The van der Waals surface area contributed by atoms with E-state index in [1.54, 1.807) is 0 Å². The van der Waals surface area contributed by atoms with Crippen molar-refractivity contribution in [2.24, 2.45) is 0 Å². The van der Waals surface area contributed by atoms with Crippen molar-refractivity contribution in [1.82, 2.24) is 0 Å². The fourth-order valence-corrected chi connectivity index (χ4v) is 3.15. The second kappa shape index (κ2) is 8.51. The molecule has 0 aliphatic heterocycles. The molecule has 0 aliphatic rings. The normalized spacial score (nSPS) is 10.5. The van der Waals surface area contributed by atoms with E-state index >= 15 is 0 Å². The smallest absolute Gasteiger partial charge is 0.335 e. The first-order valence-electron chi connectivity index (χ1n) is 8.18. The zero-order chi connectivity index (χ0) is 21.1. The fourth-order valence-electron chi connectivity index (χ4n) is 2.58. The van der Waals surface area contributed by atoms with Crippen molar-refractivity contribution < 1.29 is 28.6 Å². The molecular weight excluding hydrogens is 422 g/mol. The van der Waals surface area contributed by atoms with Gasteiger partial charge in [-0.15, -0.1) is 0 Å². The van der Waals surface area contributed by atoms with Crippen molar-refractivity contribution in [2.75, 3.05) is 7.11 Å². The number of ketones is 1. The third-order valence-corrected chi connectivity index (χ3v) is 4.55. The van der Waals surface area contributed by atoms with E-state index in [-0.39, 0.29) is 38.2 Å². The Labute approximate surface area is 175 Å². The molecule has 0 saturated heterocycles. The van der Waals surface area contributed by atoms with E-state index in [0.29, 0.717) is 5.75 Å². The monoisotopic (exact) mass is 434 g/mol. The maximum Gasteiger partial charge on any atom is 0.335 e. The van der Waals surface area contributed by atoms with Crippen LogP contribution in [0.1, 0.15) is 26.3 Å². The Bertz CT molecular complexity index is 1070. The third-order valence-electron chi connectivity index (χ3n) is 3.99. The largest absolute Gasteiger partial charge is 0.496 e. The average Bonchev–Trinajstić information content (AvgIpc) is 2.70. The Morgan fingerprint density at radius 1 is 0.931 bits per heavy atom. The minimum Gasteiger partial charge on any atom is -0.496 e. The molecule has 29 heavy (non-hydrogen) atoms. The molecule has 3 aromatic carbocycles. The topological polar surface area (TPSA) is 72.8 Å². The predicted octanol–water partition coefficient (Wildman–Crippen LogP) is 5.86. The first kappa shape index (κ1) is 20.6. The van der Waals surface area contributed by atoms with Gasteiger partial charge >= 0.3 is 5.97 Å². The number of aromatic carboxylic acids is 1. The zero-order valence-corrected chi connectivity index (χ0v) is 16.4. The van der Waals surface area contributed by atoms with Gasteiger partial charge in [0.25, 0.3) is 0 Å². The summed E-state index contributed by atoms with van der Waals surface area (Å²) in [5, 5.41) is 9.06. The van der Waals surface area contributed by atoms with Crippen molar-refractivity contribution in [3.05, 3.63) is 87.2 Å². The van der Waals surface area contributed by atoms with Crippen LogP contribution in [0.5, 0.6) is 17.2 Å². The van der Waals surface area contributed by atoms with E-state index in [9.17, 15) is 14.0 Å². The van der Waals surface area contributed by atoms with Gasteiger partial charge in [0.05, 0.1) is 28.3 Å². The van der Waals surface area contributed by atoms with E-state index in [1.165, 1.54) is 61.7 Å². The van der Waals surface area contributed by atoms with Crippen LogP contribution in [0.15, 0.2) is 54.6 Å². The highest BCUT2D eigenvalue weighted by Gasteiger charge is 2.18. The highest BCUT2D eigenvalue weighted by molar-refractivity contribution is 6.37. The molecule has 0 bridgehead atoms. The van der Waals surface area contributed by atoms with Crippen LogP contribution in [0.25, 0.3) is 0 Å². The second-order valence-corrected chi connectivity index (χ2v) is 6.69. The van der Waals surface area contributed by atoms with Crippen molar-refractivity contribution in [2.45, 2.75) is 0 Å². The molecule has 0 atom stereocenters. The molecule has 5 nitrogen and oxygen atoms in total. The molecule has 0 saturated carbocycles. The summed E-state index contributed by atoms with van der Waals surface area (Å²) in [5.41, 5.74) is 0.365. The van der Waals surface area contributed by atoms with E-state index in [0.717, 1.165) is 0 Å². The van der Waals surface area contributed by atoms with Gasteiger partial charge in [-0.2, -0.15) is 0 Å². The van der Waals surface area contributed by atoms with Crippen LogP contribution >= 0.6 is 23.2 Å². The van der Waals surface area contributed by atoms with E-state index in [2.05, 4.69) is 0 Å². The molecule has 0 aliphatic carbocycles. The number of hydrogen-bond donors (Lipinski definition) is 1. The Balaban J connectivity index is 1.98. The molecule has 148 valence electrons. The molecule has 0 spiro atoms. The lowest BCUT2D eigenvalue weighted by molar-refractivity contribution is 0.0696. The number of hydrogen-bond acceptors (Lipinski definition) is 4. The fraction of sp³-hybridized carbons (Fsp3) is 0.0476. The number of carboxylic acid groups (broad SMARTS) is 1. The summed E-state index contributed by atoms with van der Waals surface area (Å²) in [4.78, 5) is 23.9. The van der Waals surface area contributed by atoms with Gasteiger partial charge in [0.2, 0.25) is 0 Å². The number of halogens is 3. The van der Waals surface area contributed by atoms with Gasteiger partial charge < -0.3 is 14.6 Å². The number of carbonyl (C=O) groups is 2. The first-order valence-corrected chi connectivity index (χ1v) is 8.94. The molecular formula is C21H13Cl2FO5. The van der Waals surface area contributed by atoms with Gasteiger partial charge in [0.15, 0.2) is 11.5 Å². The molecule has 0 unspecified atom stereocenters. The molecule has 3 rings (SSSR count). The van der Waals surface area contributed by atoms with Crippen LogP contribution < -0.4 is 9.47 Å². The van der Waals surface area contributed by atoms with E-state index < -0.39 is 17.6 Å². The minimum atomic E-state index is -1.18. The molecule has 0 fully saturated rings. The molecule has 0 radical (unpaired) electrons. The highest BCUT2D eigenvalue weighted by Crippen LogP contribution is 2.38. The summed E-state index contributed by atoms with van der Waals surface area (Å²) in [6, 6.07) is 12.0. The average molecular weight is 435 g/mol. The van der Waals surface area contributed by atoms with Crippen LogP contribution in [0.3, 0.4) is 0 Å². The summed E-state index contributed by atoms with van der Waals surface area (Å²) in [6.45, 7) is 0. The van der Waals surface area contributed by atoms with Crippen molar-refractivity contribution in [3.8, 4) is 17.2 Å². The number of methoxy groups -OCH3 is 1. The van der Waals surface area contributed by atoms with Crippen LogP contribution in [0, 0.1) is 5.82 Å². The van der Waals surface area contributed by atoms with Crippen molar-refractivity contribution >= 4 is 35.0 Å². The predicted molar refractivity (Wildman–Crippen MR) is 106 cm³/mol. The maximum absolute atomic E-state index is 13.1. The standard InChI is InChI=1S/C21H13Cl2FO5/c1-28-18-7-6-14(10-15(18)19(25)11-2-4-13(24)5-3-11)29-20-16(22)8-12(21(26)27)9-17(20)23/h2-10H,1H3,(H,26,27). The van der Waals surface area contributed by atoms with Crippen molar-refractivity contribution in [1.29, 1.82) is 0 Å². The van der Waals surface area contributed by atoms with E-state index in [4.69, 9.17) is 37.8 Å². The van der Waals surface area contributed by atoms with Gasteiger partial charge in [-0.25, -0.2) is 9.18 Å². The molecule has 1 N–H and O–H groups in total. The Morgan fingerprint density at radius 3 is 2.10 bits per heavy atom. The third kappa shape index (κ3) is 4.50. The summed E-state index contributed by atoms with van der Waals surface area (Å²) < 4.78 is 24.1. The summed E-state index contributed by atoms with van der Waals surface area (Å²) in [5.74, 6) is -1.47. The Morgan fingerprint density at radius 2 is 1.55 bits per heavy atom.